The number of rotatable bonds is 7. The minimum atomic E-state index is 0.0546. The van der Waals surface area contributed by atoms with E-state index in [0.29, 0.717) is 17.9 Å². The van der Waals surface area contributed by atoms with Crippen LogP contribution in [0.1, 0.15) is 39.0 Å². The molecule has 0 bridgehead atoms. The number of carbonyl (C=O) groups excluding carboxylic acids is 1. The summed E-state index contributed by atoms with van der Waals surface area (Å²) in [4.78, 5) is 21.7. The number of anilines is 1. The third-order valence-corrected chi connectivity index (χ3v) is 6.54. The highest BCUT2D eigenvalue weighted by Gasteiger charge is 2.28. The molecule has 1 aromatic heterocycles. The number of benzene rings is 1. The zero-order chi connectivity index (χ0) is 21.6. The molecule has 0 aliphatic carbocycles. The summed E-state index contributed by atoms with van der Waals surface area (Å²) >= 11 is 0. The van der Waals surface area contributed by atoms with Crippen LogP contribution in [0.3, 0.4) is 0 Å². The maximum absolute atomic E-state index is 12.6. The Morgan fingerprint density at radius 1 is 1.16 bits per heavy atom. The molecule has 2 fully saturated rings. The molecule has 31 heavy (non-hydrogen) atoms. The molecule has 4 rings (SSSR count). The van der Waals surface area contributed by atoms with Gasteiger partial charge in [0.1, 0.15) is 5.75 Å². The number of hydrogen-bond acceptors (Lipinski definition) is 7. The molecule has 8 nitrogen and oxygen atoms in total. The van der Waals surface area contributed by atoms with Gasteiger partial charge < -0.3 is 19.5 Å². The molecule has 1 aromatic carbocycles. The SMILES string of the molecule is COc1ccc(-c2noc(N3CCC(C(=O)NCCN4CCCC[C@@H]4C)CC3)n2)cc1. The minimum absolute atomic E-state index is 0.0546. The summed E-state index contributed by atoms with van der Waals surface area (Å²) in [5, 5.41) is 7.26. The summed E-state index contributed by atoms with van der Waals surface area (Å²) in [6, 6.07) is 8.72. The van der Waals surface area contributed by atoms with Crippen LogP contribution < -0.4 is 15.0 Å². The first kappa shape index (κ1) is 21.6. The van der Waals surface area contributed by atoms with Crippen LogP contribution in [0.5, 0.6) is 5.75 Å². The Bertz CT molecular complexity index is 845. The van der Waals surface area contributed by atoms with Crippen molar-refractivity contribution in [2.45, 2.75) is 45.1 Å². The largest absolute Gasteiger partial charge is 0.497 e. The zero-order valence-electron chi connectivity index (χ0n) is 18.5. The molecule has 8 heteroatoms. The van der Waals surface area contributed by atoms with E-state index in [1.54, 1.807) is 7.11 Å². The van der Waals surface area contributed by atoms with Gasteiger partial charge in [-0.2, -0.15) is 4.98 Å². The monoisotopic (exact) mass is 427 g/mol. The number of piperidine rings is 2. The highest BCUT2D eigenvalue weighted by atomic mass is 16.5. The highest BCUT2D eigenvalue weighted by molar-refractivity contribution is 5.78. The normalized spacial score (nSPS) is 20.6. The Hall–Kier alpha value is -2.61. The summed E-state index contributed by atoms with van der Waals surface area (Å²) in [5.41, 5.74) is 0.882. The summed E-state index contributed by atoms with van der Waals surface area (Å²) in [7, 11) is 1.64. The number of nitrogens with one attached hydrogen (secondary N) is 1. The van der Waals surface area contributed by atoms with Crippen LogP contribution in [-0.4, -0.2) is 66.8 Å². The minimum Gasteiger partial charge on any atom is -0.497 e. The van der Waals surface area contributed by atoms with Gasteiger partial charge in [-0.05, 0) is 63.4 Å². The van der Waals surface area contributed by atoms with Gasteiger partial charge in [-0.15, -0.1) is 0 Å². The van der Waals surface area contributed by atoms with Crippen molar-refractivity contribution in [3.8, 4) is 17.1 Å². The molecule has 1 amide bonds. The first-order valence-corrected chi connectivity index (χ1v) is 11.4. The van der Waals surface area contributed by atoms with E-state index in [0.717, 1.165) is 56.9 Å². The van der Waals surface area contributed by atoms with E-state index < -0.39 is 0 Å². The molecular formula is C23H33N5O3. The number of aromatic nitrogens is 2. The Balaban J connectivity index is 1.23. The fraction of sp³-hybridized carbons (Fsp3) is 0.609. The van der Waals surface area contributed by atoms with Crippen LogP contribution in [0.4, 0.5) is 6.01 Å². The average Bonchev–Trinajstić information content (AvgIpc) is 3.31. The first-order chi connectivity index (χ1) is 15.1. The molecular weight excluding hydrogens is 394 g/mol. The fourth-order valence-electron chi connectivity index (χ4n) is 4.49. The van der Waals surface area contributed by atoms with E-state index >= 15 is 0 Å². The Kier molecular flexibility index (Phi) is 7.06. The number of likely N-dealkylation sites (tertiary alicyclic amines) is 1. The van der Waals surface area contributed by atoms with Gasteiger partial charge >= 0.3 is 6.01 Å². The second-order valence-electron chi connectivity index (χ2n) is 8.56. The molecule has 2 aliphatic heterocycles. The van der Waals surface area contributed by atoms with E-state index in [9.17, 15) is 4.79 Å². The number of hydrogen-bond donors (Lipinski definition) is 1. The lowest BCUT2D eigenvalue weighted by atomic mass is 9.96. The predicted octanol–water partition coefficient (Wildman–Crippen LogP) is 2.95. The lowest BCUT2D eigenvalue weighted by Gasteiger charge is -2.33. The third-order valence-electron chi connectivity index (χ3n) is 6.54. The molecule has 2 aromatic rings. The average molecular weight is 428 g/mol. The summed E-state index contributed by atoms with van der Waals surface area (Å²) in [6.07, 6.45) is 5.46. The van der Waals surface area contributed by atoms with Crippen molar-refractivity contribution in [2.75, 3.05) is 44.7 Å². The number of amides is 1. The van der Waals surface area contributed by atoms with Crippen molar-refractivity contribution in [2.24, 2.45) is 5.92 Å². The lowest BCUT2D eigenvalue weighted by Crippen LogP contribution is -2.45. The number of methoxy groups -OCH3 is 1. The molecule has 0 radical (unpaired) electrons. The van der Waals surface area contributed by atoms with Crippen molar-refractivity contribution in [3.05, 3.63) is 24.3 Å². The molecule has 0 saturated carbocycles. The van der Waals surface area contributed by atoms with Crippen molar-refractivity contribution in [3.63, 3.8) is 0 Å². The van der Waals surface area contributed by atoms with Gasteiger partial charge in [0.2, 0.25) is 11.7 Å². The van der Waals surface area contributed by atoms with Crippen molar-refractivity contribution >= 4 is 11.9 Å². The number of ether oxygens (including phenoxy) is 1. The zero-order valence-corrected chi connectivity index (χ0v) is 18.5. The number of carbonyl (C=O) groups is 1. The van der Waals surface area contributed by atoms with Crippen LogP contribution in [0.15, 0.2) is 28.8 Å². The van der Waals surface area contributed by atoms with Crippen molar-refractivity contribution in [1.82, 2.24) is 20.4 Å². The van der Waals surface area contributed by atoms with E-state index in [1.807, 2.05) is 24.3 Å². The maximum Gasteiger partial charge on any atom is 0.324 e. The van der Waals surface area contributed by atoms with Crippen LogP contribution >= 0.6 is 0 Å². The Morgan fingerprint density at radius 2 is 1.94 bits per heavy atom. The molecule has 0 spiro atoms. The molecule has 168 valence electrons. The Morgan fingerprint density at radius 3 is 2.65 bits per heavy atom. The Labute approximate surface area is 183 Å². The molecule has 1 N–H and O–H groups in total. The lowest BCUT2D eigenvalue weighted by molar-refractivity contribution is -0.125. The van der Waals surface area contributed by atoms with Crippen molar-refractivity contribution in [1.29, 1.82) is 0 Å². The van der Waals surface area contributed by atoms with E-state index in [2.05, 4.69) is 32.2 Å². The van der Waals surface area contributed by atoms with Crippen molar-refractivity contribution < 1.29 is 14.1 Å². The molecule has 1 atom stereocenters. The van der Waals surface area contributed by atoms with E-state index in [4.69, 9.17) is 9.26 Å². The standard InChI is InChI=1S/C23H33N5O3/c1-17-5-3-4-13-27(17)16-12-24-22(29)19-10-14-28(15-11-19)23-25-21(26-31-23)18-6-8-20(30-2)9-7-18/h6-9,17,19H,3-5,10-16H2,1-2H3,(H,24,29)/t17-/m0/s1. The van der Waals surface area contributed by atoms with Gasteiger partial charge in [0.15, 0.2) is 0 Å². The van der Waals surface area contributed by atoms with Gasteiger partial charge in [0.25, 0.3) is 0 Å². The van der Waals surface area contributed by atoms with Crippen LogP contribution in [0, 0.1) is 5.92 Å². The van der Waals surface area contributed by atoms with Crippen LogP contribution in [-0.2, 0) is 4.79 Å². The second-order valence-corrected chi connectivity index (χ2v) is 8.56. The van der Waals surface area contributed by atoms with Gasteiger partial charge in [-0.25, -0.2) is 0 Å². The smallest absolute Gasteiger partial charge is 0.324 e. The number of nitrogens with zero attached hydrogens (tertiary/aromatic N) is 4. The molecule has 0 unspecified atom stereocenters. The summed E-state index contributed by atoms with van der Waals surface area (Å²) in [5.74, 6) is 1.58. The fourth-order valence-corrected chi connectivity index (χ4v) is 4.49. The van der Waals surface area contributed by atoms with Gasteiger partial charge in [-0.3, -0.25) is 9.69 Å². The topological polar surface area (TPSA) is 83.7 Å². The summed E-state index contributed by atoms with van der Waals surface area (Å²) < 4.78 is 10.7. The third kappa shape index (κ3) is 5.36. The van der Waals surface area contributed by atoms with Gasteiger partial charge in [-0.1, -0.05) is 11.6 Å². The van der Waals surface area contributed by atoms with Crippen LogP contribution in [0.25, 0.3) is 11.4 Å². The first-order valence-electron chi connectivity index (χ1n) is 11.4. The predicted molar refractivity (Wildman–Crippen MR) is 119 cm³/mol. The molecule has 2 saturated heterocycles. The van der Waals surface area contributed by atoms with E-state index in [1.165, 1.54) is 19.3 Å². The highest BCUT2D eigenvalue weighted by Crippen LogP contribution is 2.26. The quantitative estimate of drug-likeness (QED) is 0.727. The maximum atomic E-state index is 12.6. The van der Waals surface area contributed by atoms with E-state index in [-0.39, 0.29) is 11.8 Å². The molecule has 3 heterocycles. The van der Waals surface area contributed by atoms with Crippen LogP contribution in [0.2, 0.25) is 0 Å². The summed E-state index contributed by atoms with van der Waals surface area (Å²) in [6.45, 7) is 6.60. The van der Waals surface area contributed by atoms with Gasteiger partial charge in [0, 0.05) is 43.7 Å². The van der Waals surface area contributed by atoms with Gasteiger partial charge in [0.05, 0.1) is 7.11 Å². The molecule has 2 aliphatic rings. The second kappa shape index (κ2) is 10.1.